The Balaban J connectivity index is 2.02. The van der Waals surface area contributed by atoms with Crippen LogP contribution in [0.4, 0.5) is 0 Å². The van der Waals surface area contributed by atoms with Gasteiger partial charge in [0.25, 0.3) is 0 Å². The summed E-state index contributed by atoms with van der Waals surface area (Å²) in [6, 6.07) is 6.26. The van der Waals surface area contributed by atoms with Crippen LogP contribution >= 0.6 is 22.7 Å². The molecule has 0 aliphatic carbocycles. The van der Waals surface area contributed by atoms with Gasteiger partial charge in [-0.05, 0) is 29.0 Å². The number of aromatic amines is 1. The van der Waals surface area contributed by atoms with Crippen molar-refractivity contribution in [3.05, 3.63) is 39.7 Å². The summed E-state index contributed by atoms with van der Waals surface area (Å²) < 4.78 is 0. The van der Waals surface area contributed by atoms with Gasteiger partial charge in [-0.15, -0.1) is 0 Å². The second kappa shape index (κ2) is 3.64. The molecule has 0 spiro atoms. The van der Waals surface area contributed by atoms with Crippen molar-refractivity contribution in [2.24, 2.45) is 0 Å². The van der Waals surface area contributed by atoms with Crippen LogP contribution in [-0.4, -0.2) is 10.2 Å². The molecule has 2 nitrogen and oxygen atoms in total. The number of thiophene rings is 2. The van der Waals surface area contributed by atoms with E-state index in [4.69, 9.17) is 0 Å². The predicted molar refractivity (Wildman–Crippen MR) is 65.2 cm³/mol. The highest BCUT2D eigenvalue weighted by molar-refractivity contribution is 7.08. The zero-order chi connectivity index (χ0) is 10.1. The summed E-state index contributed by atoms with van der Waals surface area (Å²) >= 11 is 3.38. The van der Waals surface area contributed by atoms with Gasteiger partial charge in [0.05, 0.1) is 11.4 Å². The molecule has 3 heterocycles. The first-order valence-corrected chi connectivity index (χ1v) is 6.42. The molecule has 0 saturated heterocycles. The molecule has 0 aromatic carbocycles. The highest BCUT2D eigenvalue weighted by Crippen LogP contribution is 2.26. The molecule has 0 radical (unpaired) electrons. The third kappa shape index (κ3) is 1.62. The summed E-state index contributed by atoms with van der Waals surface area (Å²) in [4.78, 5) is 0. The van der Waals surface area contributed by atoms with Crippen molar-refractivity contribution in [3.8, 4) is 22.5 Å². The maximum absolute atomic E-state index is 4.30. The summed E-state index contributed by atoms with van der Waals surface area (Å²) in [6.45, 7) is 0. The standard InChI is InChI=1S/C11H8N2S2/c1-3-14-6-8(1)10-5-11(13-12-10)9-2-4-15-7-9/h1-7H,(H,12,13). The molecule has 15 heavy (non-hydrogen) atoms. The van der Waals surface area contributed by atoms with Gasteiger partial charge in [-0.25, -0.2) is 0 Å². The Morgan fingerprint density at radius 2 is 1.73 bits per heavy atom. The summed E-state index contributed by atoms with van der Waals surface area (Å²) in [7, 11) is 0. The minimum absolute atomic E-state index is 1.01. The van der Waals surface area contributed by atoms with Crippen LogP contribution in [0, 0.1) is 0 Å². The molecule has 0 amide bonds. The molecule has 4 heteroatoms. The topological polar surface area (TPSA) is 28.7 Å². The number of hydrogen-bond acceptors (Lipinski definition) is 3. The van der Waals surface area contributed by atoms with Crippen molar-refractivity contribution in [1.82, 2.24) is 10.2 Å². The van der Waals surface area contributed by atoms with Gasteiger partial charge in [0.15, 0.2) is 0 Å². The first-order chi connectivity index (χ1) is 7.43. The van der Waals surface area contributed by atoms with Gasteiger partial charge in [-0.2, -0.15) is 27.8 Å². The Morgan fingerprint density at radius 3 is 2.40 bits per heavy atom. The van der Waals surface area contributed by atoms with Gasteiger partial charge in [0.1, 0.15) is 0 Å². The Kier molecular flexibility index (Phi) is 2.16. The number of rotatable bonds is 2. The van der Waals surface area contributed by atoms with Crippen LogP contribution in [0.5, 0.6) is 0 Å². The maximum Gasteiger partial charge on any atom is 0.0935 e. The van der Waals surface area contributed by atoms with Crippen molar-refractivity contribution >= 4 is 22.7 Å². The normalized spacial score (nSPS) is 10.7. The Labute approximate surface area is 95.2 Å². The Morgan fingerprint density at radius 1 is 1.00 bits per heavy atom. The molecule has 0 saturated carbocycles. The van der Waals surface area contributed by atoms with Gasteiger partial charge in [-0.1, -0.05) is 0 Å². The summed E-state index contributed by atoms with van der Waals surface area (Å²) in [5, 5.41) is 15.7. The second-order valence-corrected chi connectivity index (χ2v) is 4.75. The van der Waals surface area contributed by atoms with E-state index in [1.54, 1.807) is 22.7 Å². The van der Waals surface area contributed by atoms with E-state index in [0.717, 1.165) is 11.4 Å². The molecule has 3 rings (SSSR count). The van der Waals surface area contributed by atoms with Gasteiger partial charge in [0, 0.05) is 21.9 Å². The van der Waals surface area contributed by atoms with Crippen molar-refractivity contribution in [3.63, 3.8) is 0 Å². The van der Waals surface area contributed by atoms with Gasteiger partial charge < -0.3 is 0 Å². The molecule has 0 unspecified atom stereocenters. The molecule has 0 bridgehead atoms. The largest absolute Gasteiger partial charge is 0.277 e. The second-order valence-electron chi connectivity index (χ2n) is 3.19. The van der Waals surface area contributed by atoms with Crippen molar-refractivity contribution in [2.45, 2.75) is 0 Å². The maximum atomic E-state index is 4.30. The van der Waals surface area contributed by atoms with Gasteiger partial charge in [-0.3, -0.25) is 5.10 Å². The first kappa shape index (κ1) is 8.88. The van der Waals surface area contributed by atoms with Crippen LogP contribution in [0.2, 0.25) is 0 Å². The smallest absolute Gasteiger partial charge is 0.0935 e. The molecule has 0 fully saturated rings. The van der Waals surface area contributed by atoms with Crippen molar-refractivity contribution in [2.75, 3.05) is 0 Å². The van der Waals surface area contributed by atoms with E-state index in [1.807, 2.05) is 0 Å². The van der Waals surface area contributed by atoms with Crippen molar-refractivity contribution < 1.29 is 0 Å². The summed E-state index contributed by atoms with van der Waals surface area (Å²) in [5.74, 6) is 0. The van der Waals surface area contributed by atoms with E-state index < -0.39 is 0 Å². The fraction of sp³-hybridized carbons (Fsp3) is 0. The lowest BCUT2D eigenvalue weighted by atomic mass is 10.2. The monoisotopic (exact) mass is 232 g/mol. The Hall–Kier alpha value is -1.39. The van der Waals surface area contributed by atoms with E-state index in [-0.39, 0.29) is 0 Å². The van der Waals surface area contributed by atoms with E-state index in [9.17, 15) is 0 Å². The van der Waals surface area contributed by atoms with E-state index in [1.165, 1.54) is 11.1 Å². The van der Waals surface area contributed by atoms with Crippen LogP contribution < -0.4 is 0 Å². The zero-order valence-corrected chi connectivity index (χ0v) is 9.44. The molecular weight excluding hydrogens is 224 g/mol. The van der Waals surface area contributed by atoms with Crippen LogP contribution in [0.1, 0.15) is 0 Å². The SMILES string of the molecule is c1cc(-c2cc(-c3ccsc3)[nH]n2)cs1. The average molecular weight is 232 g/mol. The third-order valence-corrected chi connectivity index (χ3v) is 3.59. The number of H-pyrrole nitrogens is 1. The van der Waals surface area contributed by atoms with E-state index >= 15 is 0 Å². The van der Waals surface area contributed by atoms with E-state index in [2.05, 4.69) is 49.9 Å². The molecule has 0 aliphatic rings. The predicted octanol–water partition coefficient (Wildman–Crippen LogP) is 3.87. The minimum atomic E-state index is 1.01. The van der Waals surface area contributed by atoms with Crippen LogP contribution in [-0.2, 0) is 0 Å². The molecule has 1 N–H and O–H groups in total. The van der Waals surface area contributed by atoms with Gasteiger partial charge in [0.2, 0.25) is 0 Å². The highest BCUT2D eigenvalue weighted by atomic mass is 32.1. The fourth-order valence-corrected chi connectivity index (χ4v) is 2.75. The summed E-state index contributed by atoms with van der Waals surface area (Å²) in [6.07, 6.45) is 0. The fourth-order valence-electron chi connectivity index (χ4n) is 1.45. The van der Waals surface area contributed by atoms with Crippen molar-refractivity contribution in [1.29, 1.82) is 0 Å². The van der Waals surface area contributed by atoms with Crippen LogP contribution in [0.25, 0.3) is 22.5 Å². The quantitative estimate of drug-likeness (QED) is 0.714. The molecule has 3 aromatic heterocycles. The number of nitrogens with one attached hydrogen (secondary N) is 1. The Bertz CT molecular complexity index is 486. The molecule has 0 aliphatic heterocycles. The van der Waals surface area contributed by atoms with Crippen LogP contribution in [0.15, 0.2) is 39.7 Å². The van der Waals surface area contributed by atoms with E-state index in [0.29, 0.717) is 0 Å². The lowest BCUT2D eigenvalue weighted by Gasteiger charge is -1.87. The molecule has 0 atom stereocenters. The lowest BCUT2D eigenvalue weighted by molar-refractivity contribution is 1.10. The highest BCUT2D eigenvalue weighted by Gasteiger charge is 2.05. The number of nitrogens with zero attached hydrogens (tertiary/aromatic N) is 1. The molecule has 74 valence electrons. The number of hydrogen-bond donors (Lipinski definition) is 1. The lowest BCUT2D eigenvalue weighted by Crippen LogP contribution is -1.72. The molecule has 3 aromatic rings. The number of aromatic nitrogens is 2. The zero-order valence-electron chi connectivity index (χ0n) is 7.81. The molecular formula is C11H8N2S2. The average Bonchev–Trinajstić information content (AvgIpc) is 3.02. The van der Waals surface area contributed by atoms with Gasteiger partial charge >= 0.3 is 0 Å². The third-order valence-electron chi connectivity index (χ3n) is 2.23. The minimum Gasteiger partial charge on any atom is -0.277 e. The summed E-state index contributed by atoms with van der Waals surface area (Å²) in [5.41, 5.74) is 4.47. The first-order valence-electron chi connectivity index (χ1n) is 4.54. The van der Waals surface area contributed by atoms with Crippen LogP contribution in [0.3, 0.4) is 0 Å².